The van der Waals surface area contributed by atoms with Crippen LogP contribution in [-0.2, 0) is 6.42 Å². The maximum Gasteiger partial charge on any atom is 0.172 e. The Kier molecular flexibility index (Phi) is 3.55. The van der Waals surface area contributed by atoms with Crippen molar-refractivity contribution in [3.05, 3.63) is 41.2 Å². The fourth-order valence-electron chi connectivity index (χ4n) is 1.95. The van der Waals surface area contributed by atoms with Crippen LogP contribution in [0, 0.1) is 12.8 Å². The molecule has 0 radical (unpaired) electrons. The van der Waals surface area contributed by atoms with Crippen LogP contribution in [0.3, 0.4) is 0 Å². The minimum Gasteiger partial charge on any atom is -0.296 e. The molecule has 0 saturated carbocycles. The molecule has 0 saturated heterocycles. The van der Waals surface area contributed by atoms with Gasteiger partial charge in [0.1, 0.15) is 5.69 Å². The van der Waals surface area contributed by atoms with Crippen molar-refractivity contribution in [3.8, 4) is 5.69 Å². The van der Waals surface area contributed by atoms with E-state index in [0.717, 1.165) is 29.7 Å². The molecule has 2 rings (SSSR count). The molecule has 0 aliphatic rings. The smallest absolute Gasteiger partial charge is 0.172 e. The fourth-order valence-corrected chi connectivity index (χ4v) is 1.95. The minimum atomic E-state index is 0.435. The van der Waals surface area contributed by atoms with Crippen molar-refractivity contribution in [3.63, 3.8) is 0 Å². The van der Waals surface area contributed by atoms with Gasteiger partial charge in [-0.2, -0.15) is 0 Å². The van der Waals surface area contributed by atoms with E-state index in [1.165, 1.54) is 0 Å². The van der Waals surface area contributed by atoms with Crippen molar-refractivity contribution in [1.29, 1.82) is 0 Å². The Labute approximate surface area is 107 Å². The first-order valence-electron chi connectivity index (χ1n) is 6.08. The van der Waals surface area contributed by atoms with E-state index in [9.17, 15) is 4.79 Å². The lowest BCUT2D eigenvalue weighted by Crippen LogP contribution is -2.07. The number of nitrogens with zero attached hydrogens (tertiary/aromatic N) is 3. The summed E-state index contributed by atoms with van der Waals surface area (Å²) in [4.78, 5) is 11.0. The standard InChI is InChI=1S/C14H17N3O/c1-10(2)7-14-13(9-18)15-16-17(14)12-6-4-5-11(3)8-12/h4-6,8-10H,7H2,1-3H3. The number of carbonyl (C=O) groups excluding carboxylic acids is 1. The van der Waals surface area contributed by atoms with Gasteiger partial charge in [0.2, 0.25) is 0 Å². The molecular formula is C14H17N3O. The summed E-state index contributed by atoms with van der Waals surface area (Å²) >= 11 is 0. The van der Waals surface area contributed by atoms with Gasteiger partial charge in [0.15, 0.2) is 6.29 Å². The predicted octanol–water partition coefficient (Wildman–Crippen LogP) is 2.59. The molecule has 0 N–H and O–H groups in total. The van der Waals surface area contributed by atoms with Gasteiger partial charge >= 0.3 is 0 Å². The van der Waals surface area contributed by atoms with E-state index in [0.29, 0.717) is 11.6 Å². The quantitative estimate of drug-likeness (QED) is 0.775. The normalized spacial score (nSPS) is 10.9. The number of aldehydes is 1. The summed E-state index contributed by atoms with van der Waals surface area (Å²) in [5.74, 6) is 0.450. The second-order valence-corrected chi connectivity index (χ2v) is 4.89. The summed E-state index contributed by atoms with van der Waals surface area (Å²) in [6, 6.07) is 8.02. The molecular weight excluding hydrogens is 226 g/mol. The Morgan fingerprint density at radius 3 is 2.78 bits per heavy atom. The van der Waals surface area contributed by atoms with Crippen molar-refractivity contribution < 1.29 is 4.79 Å². The minimum absolute atomic E-state index is 0.435. The largest absolute Gasteiger partial charge is 0.296 e. The topological polar surface area (TPSA) is 47.8 Å². The molecule has 0 fully saturated rings. The van der Waals surface area contributed by atoms with Crippen molar-refractivity contribution in [2.75, 3.05) is 0 Å². The number of carbonyl (C=O) groups is 1. The fraction of sp³-hybridized carbons (Fsp3) is 0.357. The van der Waals surface area contributed by atoms with Crippen LogP contribution in [0.5, 0.6) is 0 Å². The summed E-state index contributed by atoms with van der Waals surface area (Å²) in [5.41, 5.74) is 3.42. The molecule has 1 aromatic carbocycles. The number of aryl methyl sites for hydroxylation is 1. The summed E-state index contributed by atoms with van der Waals surface area (Å²) in [6.07, 6.45) is 1.56. The van der Waals surface area contributed by atoms with E-state index >= 15 is 0 Å². The Hall–Kier alpha value is -1.97. The average Bonchev–Trinajstić information content (AvgIpc) is 2.71. The first-order chi connectivity index (χ1) is 8.61. The maximum absolute atomic E-state index is 11.0. The van der Waals surface area contributed by atoms with Crippen LogP contribution in [0.1, 0.15) is 35.6 Å². The van der Waals surface area contributed by atoms with Gasteiger partial charge in [-0.15, -0.1) is 5.10 Å². The SMILES string of the molecule is Cc1cccc(-n2nnc(C=O)c2CC(C)C)c1. The highest BCUT2D eigenvalue weighted by Crippen LogP contribution is 2.16. The van der Waals surface area contributed by atoms with Crippen molar-refractivity contribution >= 4 is 6.29 Å². The molecule has 2 aromatic rings. The molecule has 0 aliphatic carbocycles. The molecule has 0 spiro atoms. The molecule has 18 heavy (non-hydrogen) atoms. The van der Waals surface area contributed by atoms with Crippen LogP contribution >= 0.6 is 0 Å². The summed E-state index contributed by atoms with van der Waals surface area (Å²) < 4.78 is 1.76. The van der Waals surface area contributed by atoms with Crippen molar-refractivity contribution in [2.45, 2.75) is 27.2 Å². The van der Waals surface area contributed by atoms with Crippen LogP contribution in [0.2, 0.25) is 0 Å². The van der Waals surface area contributed by atoms with E-state index in [2.05, 4.69) is 24.2 Å². The highest BCUT2D eigenvalue weighted by atomic mass is 16.1. The van der Waals surface area contributed by atoms with Crippen LogP contribution in [0.25, 0.3) is 5.69 Å². The predicted molar refractivity (Wildman–Crippen MR) is 70.0 cm³/mol. The summed E-state index contributed by atoms with van der Waals surface area (Å²) in [6.45, 7) is 6.26. The van der Waals surface area contributed by atoms with Gasteiger partial charge < -0.3 is 0 Å². The maximum atomic E-state index is 11.0. The zero-order chi connectivity index (χ0) is 13.1. The van der Waals surface area contributed by atoms with E-state index in [4.69, 9.17) is 0 Å². The molecule has 1 heterocycles. The van der Waals surface area contributed by atoms with Crippen LogP contribution in [0.4, 0.5) is 0 Å². The van der Waals surface area contributed by atoms with E-state index < -0.39 is 0 Å². The number of rotatable bonds is 4. The van der Waals surface area contributed by atoms with Gasteiger partial charge in [-0.3, -0.25) is 4.79 Å². The Balaban J connectivity index is 2.50. The molecule has 4 nitrogen and oxygen atoms in total. The summed E-state index contributed by atoms with van der Waals surface area (Å²) in [5, 5.41) is 8.03. The lowest BCUT2D eigenvalue weighted by atomic mass is 10.1. The molecule has 0 atom stereocenters. The third-order valence-corrected chi connectivity index (χ3v) is 2.75. The van der Waals surface area contributed by atoms with Crippen LogP contribution in [-0.4, -0.2) is 21.3 Å². The first kappa shape index (κ1) is 12.5. The van der Waals surface area contributed by atoms with Crippen LogP contribution in [0.15, 0.2) is 24.3 Å². The molecule has 0 amide bonds. The lowest BCUT2D eigenvalue weighted by Gasteiger charge is -2.09. The van der Waals surface area contributed by atoms with Gasteiger partial charge in [-0.05, 0) is 37.0 Å². The molecule has 0 bridgehead atoms. The van der Waals surface area contributed by atoms with Gasteiger partial charge in [0.25, 0.3) is 0 Å². The van der Waals surface area contributed by atoms with Gasteiger partial charge in [-0.1, -0.05) is 31.2 Å². The molecule has 1 aromatic heterocycles. The number of aromatic nitrogens is 3. The number of hydrogen-bond acceptors (Lipinski definition) is 3. The van der Waals surface area contributed by atoms with E-state index in [1.54, 1.807) is 4.68 Å². The second kappa shape index (κ2) is 5.12. The zero-order valence-corrected chi connectivity index (χ0v) is 10.9. The third kappa shape index (κ3) is 2.47. The van der Waals surface area contributed by atoms with E-state index in [-0.39, 0.29) is 0 Å². The van der Waals surface area contributed by atoms with Crippen molar-refractivity contribution in [2.24, 2.45) is 5.92 Å². The van der Waals surface area contributed by atoms with Crippen LogP contribution < -0.4 is 0 Å². The highest BCUT2D eigenvalue weighted by molar-refractivity contribution is 5.73. The summed E-state index contributed by atoms with van der Waals surface area (Å²) in [7, 11) is 0. The average molecular weight is 243 g/mol. The number of hydrogen-bond donors (Lipinski definition) is 0. The second-order valence-electron chi connectivity index (χ2n) is 4.89. The van der Waals surface area contributed by atoms with Gasteiger partial charge in [0.05, 0.1) is 11.4 Å². The van der Waals surface area contributed by atoms with Crippen molar-refractivity contribution in [1.82, 2.24) is 15.0 Å². The van der Waals surface area contributed by atoms with Gasteiger partial charge in [-0.25, -0.2) is 4.68 Å². The zero-order valence-electron chi connectivity index (χ0n) is 10.9. The Morgan fingerprint density at radius 2 is 2.17 bits per heavy atom. The first-order valence-corrected chi connectivity index (χ1v) is 6.08. The molecule has 4 heteroatoms. The Morgan fingerprint density at radius 1 is 1.39 bits per heavy atom. The number of benzene rings is 1. The Bertz CT molecular complexity index is 558. The highest BCUT2D eigenvalue weighted by Gasteiger charge is 2.14. The van der Waals surface area contributed by atoms with Gasteiger partial charge in [0, 0.05) is 0 Å². The molecule has 94 valence electrons. The molecule has 0 unspecified atom stereocenters. The monoisotopic (exact) mass is 243 g/mol. The van der Waals surface area contributed by atoms with E-state index in [1.807, 2.05) is 31.2 Å². The lowest BCUT2D eigenvalue weighted by molar-refractivity contribution is 0.111. The molecule has 0 aliphatic heterocycles. The third-order valence-electron chi connectivity index (χ3n) is 2.75.